The van der Waals surface area contributed by atoms with Gasteiger partial charge in [0, 0.05) is 5.56 Å². The summed E-state index contributed by atoms with van der Waals surface area (Å²) in [6, 6.07) is 12.0. The van der Waals surface area contributed by atoms with Gasteiger partial charge in [-0.2, -0.15) is 0 Å². The number of amides is 1. The number of rotatable bonds is 6. The molecular weight excluding hydrogens is 379 g/mol. The third kappa shape index (κ3) is 5.88. The molecule has 0 heterocycles. The topological polar surface area (TPSA) is 50.4 Å². The Morgan fingerprint density at radius 3 is 2.52 bits per heavy atom. The van der Waals surface area contributed by atoms with E-state index in [2.05, 4.69) is 17.6 Å². The van der Waals surface area contributed by atoms with Crippen LogP contribution in [0.4, 0.5) is 5.69 Å². The van der Waals surface area contributed by atoms with Crippen molar-refractivity contribution in [1.82, 2.24) is 5.32 Å². The number of hydrogen-bond acceptors (Lipinski definition) is 3. The standard InChI is InChI=1S/C18H18Cl2N2O2S/c1-2-3-10-24-13-7-4-6-12(11-13)17(23)22-18(25)21-16-14(19)8-5-9-15(16)20/h4-9,11H,2-3,10H2,1H3,(H2,21,22,23,25). The molecule has 0 saturated carbocycles. The molecule has 0 saturated heterocycles. The molecule has 0 bridgehead atoms. The minimum atomic E-state index is -0.346. The highest BCUT2D eigenvalue weighted by atomic mass is 35.5. The van der Waals surface area contributed by atoms with Gasteiger partial charge >= 0.3 is 0 Å². The first-order chi connectivity index (χ1) is 12.0. The van der Waals surface area contributed by atoms with Crippen molar-refractivity contribution in [3.8, 4) is 5.75 Å². The van der Waals surface area contributed by atoms with Crippen LogP contribution in [0.15, 0.2) is 42.5 Å². The van der Waals surface area contributed by atoms with Gasteiger partial charge in [0.05, 0.1) is 22.3 Å². The van der Waals surface area contributed by atoms with Crippen molar-refractivity contribution in [2.75, 3.05) is 11.9 Å². The Morgan fingerprint density at radius 1 is 1.16 bits per heavy atom. The van der Waals surface area contributed by atoms with Gasteiger partial charge in [0.25, 0.3) is 5.91 Å². The first kappa shape index (κ1) is 19.5. The summed E-state index contributed by atoms with van der Waals surface area (Å²) < 4.78 is 5.61. The predicted molar refractivity (Wildman–Crippen MR) is 107 cm³/mol. The molecule has 1 amide bonds. The van der Waals surface area contributed by atoms with Crippen molar-refractivity contribution < 1.29 is 9.53 Å². The highest BCUT2D eigenvalue weighted by Gasteiger charge is 2.12. The van der Waals surface area contributed by atoms with Crippen LogP contribution in [0, 0.1) is 0 Å². The van der Waals surface area contributed by atoms with E-state index in [9.17, 15) is 4.79 Å². The van der Waals surface area contributed by atoms with Crippen LogP contribution < -0.4 is 15.4 Å². The molecule has 4 nitrogen and oxygen atoms in total. The maximum absolute atomic E-state index is 12.3. The Morgan fingerprint density at radius 2 is 1.84 bits per heavy atom. The summed E-state index contributed by atoms with van der Waals surface area (Å²) in [5.74, 6) is 0.302. The van der Waals surface area contributed by atoms with E-state index in [0.717, 1.165) is 12.8 Å². The number of halogens is 2. The summed E-state index contributed by atoms with van der Waals surface area (Å²) in [4.78, 5) is 12.3. The Kier molecular flexibility index (Phi) is 7.50. The number of benzene rings is 2. The molecule has 2 aromatic carbocycles. The average Bonchev–Trinajstić information content (AvgIpc) is 2.59. The lowest BCUT2D eigenvalue weighted by Crippen LogP contribution is -2.34. The Hall–Kier alpha value is -1.82. The lowest BCUT2D eigenvalue weighted by Gasteiger charge is -2.12. The SMILES string of the molecule is CCCCOc1cccc(C(=O)NC(=S)Nc2c(Cl)cccc2Cl)c1. The van der Waals surface area contributed by atoms with E-state index in [4.69, 9.17) is 40.2 Å². The average molecular weight is 397 g/mol. The van der Waals surface area contributed by atoms with Crippen LogP contribution in [0.5, 0.6) is 5.75 Å². The molecule has 2 N–H and O–H groups in total. The smallest absolute Gasteiger partial charge is 0.257 e. The molecule has 2 aromatic rings. The molecular formula is C18H18Cl2N2O2S. The van der Waals surface area contributed by atoms with Gasteiger partial charge in [-0.1, -0.05) is 48.7 Å². The second-order valence-corrected chi connectivity index (χ2v) is 6.46. The van der Waals surface area contributed by atoms with Crippen molar-refractivity contribution in [3.63, 3.8) is 0 Å². The van der Waals surface area contributed by atoms with Crippen molar-refractivity contribution in [2.24, 2.45) is 0 Å². The highest BCUT2D eigenvalue weighted by molar-refractivity contribution is 7.80. The molecule has 2 rings (SSSR count). The first-order valence-corrected chi connectivity index (χ1v) is 8.97. The van der Waals surface area contributed by atoms with Crippen LogP contribution in [0.1, 0.15) is 30.1 Å². The van der Waals surface area contributed by atoms with Crippen LogP contribution in [-0.2, 0) is 0 Å². The fourth-order valence-electron chi connectivity index (χ4n) is 2.00. The van der Waals surface area contributed by atoms with E-state index in [1.54, 1.807) is 36.4 Å². The van der Waals surface area contributed by atoms with Gasteiger partial charge in [-0.05, 0) is 49.0 Å². The zero-order valence-electron chi connectivity index (χ0n) is 13.6. The van der Waals surface area contributed by atoms with E-state index in [1.807, 2.05) is 6.07 Å². The molecule has 132 valence electrons. The maximum Gasteiger partial charge on any atom is 0.257 e. The fourth-order valence-corrected chi connectivity index (χ4v) is 2.69. The molecule has 0 spiro atoms. The van der Waals surface area contributed by atoms with E-state index in [0.29, 0.717) is 33.7 Å². The number of carbonyl (C=O) groups excluding carboxylic acids is 1. The van der Waals surface area contributed by atoms with Gasteiger partial charge in [-0.15, -0.1) is 0 Å². The lowest BCUT2D eigenvalue weighted by atomic mass is 10.2. The van der Waals surface area contributed by atoms with Crippen molar-refractivity contribution in [3.05, 3.63) is 58.1 Å². The normalized spacial score (nSPS) is 10.2. The number of thiocarbonyl (C=S) groups is 1. The molecule has 0 unspecified atom stereocenters. The molecule has 0 fully saturated rings. The third-order valence-corrected chi connectivity index (χ3v) is 4.13. The number of nitrogens with one attached hydrogen (secondary N) is 2. The van der Waals surface area contributed by atoms with Gasteiger partial charge in [0.1, 0.15) is 5.75 Å². The summed E-state index contributed by atoms with van der Waals surface area (Å²) in [5, 5.41) is 6.38. The zero-order valence-corrected chi connectivity index (χ0v) is 16.0. The molecule has 0 aromatic heterocycles. The molecule has 0 aliphatic heterocycles. The van der Waals surface area contributed by atoms with Gasteiger partial charge < -0.3 is 10.1 Å². The van der Waals surface area contributed by atoms with E-state index >= 15 is 0 Å². The number of para-hydroxylation sites is 1. The third-order valence-electron chi connectivity index (χ3n) is 3.29. The minimum absolute atomic E-state index is 0.109. The van der Waals surface area contributed by atoms with Gasteiger partial charge in [-0.25, -0.2) is 0 Å². The molecule has 0 aliphatic rings. The molecule has 7 heteroatoms. The van der Waals surface area contributed by atoms with E-state index in [1.165, 1.54) is 0 Å². The second-order valence-electron chi connectivity index (χ2n) is 5.23. The second kappa shape index (κ2) is 9.61. The number of ether oxygens (including phenoxy) is 1. The minimum Gasteiger partial charge on any atom is -0.494 e. The van der Waals surface area contributed by atoms with Gasteiger partial charge in [0.2, 0.25) is 0 Å². The summed E-state index contributed by atoms with van der Waals surface area (Å²) in [7, 11) is 0. The molecule has 0 radical (unpaired) electrons. The van der Waals surface area contributed by atoms with E-state index in [-0.39, 0.29) is 11.0 Å². The first-order valence-electron chi connectivity index (χ1n) is 7.80. The Balaban J connectivity index is 1.99. The number of unbranched alkanes of at least 4 members (excludes halogenated alkanes) is 1. The van der Waals surface area contributed by atoms with E-state index < -0.39 is 0 Å². The maximum atomic E-state index is 12.3. The zero-order chi connectivity index (χ0) is 18.2. The summed E-state index contributed by atoms with van der Waals surface area (Å²) in [6.07, 6.45) is 2.01. The van der Waals surface area contributed by atoms with Gasteiger partial charge in [-0.3, -0.25) is 10.1 Å². The highest BCUT2D eigenvalue weighted by Crippen LogP contribution is 2.29. The number of anilines is 1. The fraction of sp³-hybridized carbons (Fsp3) is 0.222. The largest absolute Gasteiger partial charge is 0.494 e. The Bertz CT molecular complexity index is 748. The van der Waals surface area contributed by atoms with Crippen molar-refractivity contribution in [1.29, 1.82) is 0 Å². The van der Waals surface area contributed by atoms with Gasteiger partial charge in [0.15, 0.2) is 5.11 Å². The predicted octanol–water partition coefficient (Wildman–Crippen LogP) is 5.30. The quantitative estimate of drug-likeness (QED) is 0.513. The van der Waals surface area contributed by atoms with Crippen LogP contribution in [0.2, 0.25) is 10.0 Å². The Labute approximate surface area is 162 Å². The molecule has 0 aliphatic carbocycles. The molecule has 25 heavy (non-hydrogen) atoms. The monoisotopic (exact) mass is 396 g/mol. The summed E-state index contributed by atoms with van der Waals surface area (Å²) in [6.45, 7) is 2.71. The summed E-state index contributed by atoms with van der Waals surface area (Å²) in [5.41, 5.74) is 0.899. The number of carbonyl (C=O) groups is 1. The lowest BCUT2D eigenvalue weighted by molar-refractivity contribution is 0.0977. The summed E-state index contributed by atoms with van der Waals surface area (Å²) >= 11 is 17.3. The van der Waals surface area contributed by atoms with Crippen LogP contribution in [-0.4, -0.2) is 17.6 Å². The van der Waals surface area contributed by atoms with Crippen LogP contribution >= 0.6 is 35.4 Å². The van der Waals surface area contributed by atoms with Crippen LogP contribution in [0.3, 0.4) is 0 Å². The van der Waals surface area contributed by atoms with Crippen LogP contribution in [0.25, 0.3) is 0 Å². The van der Waals surface area contributed by atoms with Crippen molar-refractivity contribution >= 4 is 52.1 Å². The van der Waals surface area contributed by atoms with Crippen molar-refractivity contribution in [2.45, 2.75) is 19.8 Å². The molecule has 0 atom stereocenters. The number of hydrogen-bond donors (Lipinski definition) is 2.